The summed E-state index contributed by atoms with van der Waals surface area (Å²) in [6.45, 7) is 0. The fourth-order valence-electron chi connectivity index (χ4n) is 2.33. The Balaban J connectivity index is 1.75. The van der Waals surface area contributed by atoms with Crippen LogP contribution >= 0.6 is 11.8 Å². The van der Waals surface area contributed by atoms with Crippen LogP contribution in [0.25, 0.3) is 0 Å². The standard InChI is InChI=1S/C12H20O2S/c1-14-12(13)11(10-6-7-10)15-8-9-4-2-3-5-9/h9-11H,2-8H2,1H3. The molecule has 86 valence electrons. The van der Waals surface area contributed by atoms with Gasteiger partial charge in [0, 0.05) is 0 Å². The molecular formula is C12H20O2S. The number of hydrogen-bond donors (Lipinski definition) is 0. The van der Waals surface area contributed by atoms with E-state index in [1.54, 1.807) is 0 Å². The van der Waals surface area contributed by atoms with Crippen molar-refractivity contribution in [1.29, 1.82) is 0 Å². The number of esters is 1. The summed E-state index contributed by atoms with van der Waals surface area (Å²) >= 11 is 1.85. The van der Waals surface area contributed by atoms with Gasteiger partial charge < -0.3 is 4.74 Å². The van der Waals surface area contributed by atoms with E-state index in [1.807, 2.05) is 11.8 Å². The minimum atomic E-state index is 0.000460. The molecule has 0 N–H and O–H groups in total. The summed E-state index contributed by atoms with van der Waals surface area (Å²) in [7, 11) is 1.51. The summed E-state index contributed by atoms with van der Waals surface area (Å²) in [6, 6.07) is 0. The lowest BCUT2D eigenvalue weighted by molar-refractivity contribution is -0.140. The molecule has 3 heteroatoms. The van der Waals surface area contributed by atoms with Crippen LogP contribution in [0.15, 0.2) is 0 Å². The first-order valence-corrected chi connectivity index (χ1v) is 7.05. The third-order valence-electron chi connectivity index (χ3n) is 3.47. The summed E-state index contributed by atoms with van der Waals surface area (Å²) < 4.78 is 4.87. The fourth-order valence-corrected chi connectivity index (χ4v) is 3.92. The molecule has 1 atom stereocenters. The zero-order chi connectivity index (χ0) is 10.7. The lowest BCUT2D eigenvalue weighted by atomic mass is 10.1. The molecule has 2 nitrogen and oxygen atoms in total. The van der Waals surface area contributed by atoms with Gasteiger partial charge in [-0.3, -0.25) is 4.79 Å². The maximum Gasteiger partial charge on any atom is 0.319 e. The zero-order valence-electron chi connectivity index (χ0n) is 9.41. The Kier molecular flexibility index (Phi) is 3.95. The van der Waals surface area contributed by atoms with Crippen molar-refractivity contribution in [2.75, 3.05) is 12.9 Å². The highest BCUT2D eigenvalue weighted by atomic mass is 32.2. The van der Waals surface area contributed by atoms with Crippen molar-refractivity contribution >= 4 is 17.7 Å². The number of hydrogen-bond acceptors (Lipinski definition) is 3. The molecule has 0 aliphatic heterocycles. The molecule has 0 bridgehead atoms. The highest BCUT2D eigenvalue weighted by molar-refractivity contribution is 8.00. The van der Waals surface area contributed by atoms with E-state index in [1.165, 1.54) is 45.6 Å². The Hall–Kier alpha value is -0.180. The highest BCUT2D eigenvalue weighted by Crippen LogP contribution is 2.41. The van der Waals surface area contributed by atoms with Gasteiger partial charge in [-0.05, 0) is 43.3 Å². The second kappa shape index (κ2) is 5.24. The summed E-state index contributed by atoms with van der Waals surface area (Å²) in [5.41, 5.74) is 0. The minimum Gasteiger partial charge on any atom is -0.468 e. The Bertz CT molecular complexity index is 220. The molecule has 2 fully saturated rings. The van der Waals surface area contributed by atoms with Gasteiger partial charge in [0.15, 0.2) is 0 Å². The molecule has 0 aromatic carbocycles. The molecule has 2 aliphatic rings. The smallest absolute Gasteiger partial charge is 0.319 e. The number of carbonyl (C=O) groups excluding carboxylic acids is 1. The molecule has 1 unspecified atom stereocenters. The molecule has 0 aromatic rings. The van der Waals surface area contributed by atoms with Crippen LogP contribution in [-0.2, 0) is 9.53 Å². The maximum atomic E-state index is 11.6. The summed E-state index contributed by atoms with van der Waals surface area (Å²) in [6.07, 6.45) is 7.95. The Morgan fingerprint density at radius 1 is 1.33 bits per heavy atom. The topological polar surface area (TPSA) is 26.3 Å². The second-order valence-electron chi connectivity index (χ2n) is 4.77. The van der Waals surface area contributed by atoms with Crippen molar-refractivity contribution < 1.29 is 9.53 Å². The predicted molar refractivity (Wildman–Crippen MR) is 62.9 cm³/mol. The van der Waals surface area contributed by atoms with Crippen LogP contribution in [0.4, 0.5) is 0 Å². The van der Waals surface area contributed by atoms with Gasteiger partial charge in [-0.2, -0.15) is 0 Å². The average Bonchev–Trinajstić information content (AvgIpc) is 2.95. The van der Waals surface area contributed by atoms with Crippen LogP contribution < -0.4 is 0 Å². The molecule has 0 amide bonds. The van der Waals surface area contributed by atoms with Crippen LogP contribution in [-0.4, -0.2) is 24.1 Å². The molecule has 0 heterocycles. The quantitative estimate of drug-likeness (QED) is 0.677. The molecule has 2 saturated carbocycles. The maximum absolute atomic E-state index is 11.6. The van der Waals surface area contributed by atoms with Crippen LogP contribution in [0.3, 0.4) is 0 Å². The third-order valence-corrected chi connectivity index (χ3v) is 5.07. The summed E-state index contributed by atoms with van der Waals surface area (Å²) in [4.78, 5) is 11.6. The molecule has 0 radical (unpaired) electrons. The highest BCUT2D eigenvalue weighted by Gasteiger charge is 2.37. The van der Waals surface area contributed by atoms with Gasteiger partial charge >= 0.3 is 5.97 Å². The van der Waals surface area contributed by atoms with Crippen molar-refractivity contribution in [2.45, 2.75) is 43.8 Å². The molecule has 0 aromatic heterocycles. The molecule has 0 spiro atoms. The van der Waals surface area contributed by atoms with Crippen molar-refractivity contribution in [3.63, 3.8) is 0 Å². The number of ether oxygens (including phenoxy) is 1. The summed E-state index contributed by atoms with van der Waals surface area (Å²) in [5.74, 6) is 2.64. The van der Waals surface area contributed by atoms with Crippen LogP contribution in [0.5, 0.6) is 0 Å². The van der Waals surface area contributed by atoms with Crippen molar-refractivity contribution in [2.24, 2.45) is 11.8 Å². The van der Waals surface area contributed by atoms with E-state index >= 15 is 0 Å². The first-order chi connectivity index (χ1) is 7.31. The van der Waals surface area contributed by atoms with Crippen molar-refractivity contribution in [3.05, 3.63) is 0 Å². The van der Waals surface area contributed by atoms with Gasteiger partial charge in [0.2, 0.25) is 0 Å². The van der Waals surface area contributed by atoms with Crippen LogP contribution in [0, 0.1) is 11.8 Å². The average molecular weight is 228 g/mol. The van der Waals surface area contributed by atoms with Gasteiger partial charge in [-0.15, -0.1) is 11.8 Å². The van der Waals surface area contributed by atoms with Crippen LogP contribution in [0.2, 0.25) is 0 Å². The molecule has 2 rings (SSSR count). The zero-order valence-corrected chi connectivity index (χ0v) is 10.2. The minimum absolute atomic E-state index is 0.000460. The second-order valence-corrected chi connectivity index (χ2v) is 5.94. The Labute approximate surface area is 96.1 Å². The van der Waals surface area contributed by atoms with Gasteiger partial charge in [-0.25, -0.2) is 0 Å². The van der Waals surface area contributed by atoms with Gasteiger partial charge in [0.05, 0.1) is 7.11 Å². The predicted octanol–water partition coefficient (Wildman–Crippen LogP) is 2.86. The van der Waals surface area contributed by atoms with Gasteiger partial charge in [0.1, 0.15) is 5.25 Å². The SMILES string of the molecule is COC(=O)C(SCC1CCCC1)C1CC1. The van der Waals surface area contributed by atoms with Gasteiger partial charge in [0.25, 0.3) is 0 Å². The summed E-state index contributed by atoms with van der Waals surface area (Å²) in [5, 5.41) is 0.135. The molecular weight excluding hydrogens is 208 g/mol. The van der Waals surface area contributed by atoms with Crippen molar-refractivity contribution in [1.82, 2.24) is 0 Å². The van der Waals surface area contributed by atoms with E-state index in [0.717, 1.165) is 11.7 Å². The largest absolute Gasteiger partial charge is 0.468 e. The first kappa shape index (κ1) is 11.3. The van der Waals surface area contributed by atoms with E-state index < -0.39 is 0 Å². The van der Waals surface area contributed by atoms with E-state index in [-0.39, 0.29) is 11.2 Å². The Morgan fingerprint density at radius 3 is 2.53 bits per heavy atom. The van der Waals surface area contributed by atoms with Crippen LogP contribution in [0.1, 0.15) is 38.5 Å². The van der Waals surface area contributed by atoms with E-state index in [4.69, 9.17) is 4.74 Å². The first-order valence-electron chi connectivity index (χ1n) is 6.00. The lowest BCUT2D eigenvalue weighted by Gasteiger charge is -2.15. The van der Waals surface area contributed by atoms with Crippen molar-refractivity contribution in [3.8, 4) is 0 Å². The molecule has 2 aliphatic carbocycles. The Morgan fingerprint density at radius 2 is 2.00 bits per heavy atom. The van der Waals surface area contributed by atoms with Gasteiger partial charge in [-0.1, -0.05) is 12.8 Å². The molecule has 15 heavy (non-hydrogen) atoms. The van der Waals surface area contributed by atoms with E-state index in [0.29, 0.717) is 5.92 Å². The van der Waals surface area contributed by atoms with E-state index in [2.05, 4.69) is 0 Å². The number of carbonyl (C=O) groups is 1. The lowest BCUT2D eigenvalue weighted by Crippen LogP contribution is -2.22. The fraction of sp³-hybridized carbons (Fsp3) is 0.917. The normalized spacial score (nSPS) is 24.1. The monoisotopic (exact) mass is 228 g/mol. The molecule has 0 saturated heterocycles. The number of methoxy groups -OCH3 is 1. The number of rotatable bonds is 5. The van der Waals surface area contributed by atoms with E-state index in [9.17, 15) is 4.79 Å². The number of thioether (sulfide) groups is 1. The third kappa shape index (κ3) is 3.13.